The number of rotatable bonds is 5. The average Bonchev–Trinajstić information content (AvgIpc) is 3.09. The van der Waals surface area contributed by atoms with Crippen LogP contribution in [0.4, 0.5) is 0 Å². The predicted octanol–water partition coefficient (Wildman–Crippen LogP) is 2.23. The van der Waals surface area contributed by atoms with Crippen LogP contribution in [0, 0.1) is 0 Å². The van der Waals surface area contributed by atoms with Gasteiger partial charge in [0.15, 0.2) is 0 Å². The molecule has 0 fully saturated rings. The number of methoxy groups -OCH3 is 1. The Kier molecular flexibility index (Phi) is 4.91. The van der Waals surface area contributed by atoms with Crippen LogP contribution in [-0.4, -0.2) is 25.0 Å². The Balaban J connectivity index is 1.74. The van der Waals surface area contributed by atoms with Gasteiger partial charge in [0, 0.05) is 12.0 Å². The predicted molar refractivity (Wildman–Crippen MR) is 88.4 cm³/mol. The van der Waals surface area contributed by atoms with Crippen LogP contribution in [0.25, 0.3) is 0 Å². The molecule has 1 atom stereocenters. The Labute approximate surface area is 140 Å². The highest BCUT2D eigenvalue weighted by molar-refractivity contribution is 5.96. The molecule has 2 aromatic carbocycles. The van der Waals surface area contributed by atoms with Gasteiger partial charge in [0.2, 0.25) is 0 Å². The Morgan fingerprint density at radius 1 is 1.12 bits per heavy atom. The molecule has 0 bridgehead atoms. The summed E-state index contributed by atoms with van der Waals surface area (Å²) in [6.07, 6.45) is 0.374. The van der Waals surface area contributed by atoms with Gasteiger partial charge in [0.1, 0.15) is 6.04 Å². The highest BCUT2D eigenvalue weighted by atomic mass is 16.5. The number of benzene rings is 2. The lowest BCUT2D eigenvalue weighted by Gasteiger charge is -2.17. The van der Waals surface area contributed by atoms with E-state index < -0.39 is 12.0 Å². The molecular formula is C19H19NO4. The second kappa shape index (κ2) is 7.27. The molecule has 0 saturated carbocycles. The topological polar surface area (TPSA) is 64.6 Å². The summed E-state index contributed by atoms with van der Waals surface area (Å²) < 4.78 is 10.2. The van der Waals surface area contributed by atoms with Crippen molar-refractivity contribution in [2.24, 2.45) is 0 Å². The molecule has 3 rings (SSSR count). The first-order valence-corrected chi connectivity index (χ1v) is 7.79. The molecule has 0 spiro atoms. The van der Waals surface area contributed by atoms with E-state index in [4.69, 9.17) is 9.47 Å². The van der Waals surface area contributed by atoms with Gasteiger partial charge in [-0.25, -0.2) is 4.79 Å². The van der Waals surface area contributed by atoms with Crippen molar-refractivity contribution >= 4 is 11.9 Å². The van der Waals surface area contributed by atoms with Gasteiger partial charge in [-0.1, -0.05) is 36.4 Å². The molecule has 0 aromatic heterocycles. The standard InChI is InChI=1S/C19H19NO4/c1-23-19(22)17(20-18(21)14-5-3-2-4-6-14)10-13-7-8-15-11-24-12-16(15)9-13/h2-9,17H,10-12H2,1H3,(H,20,21). The third kappa shape index (κ3) is 3.63. The summed E-state index contributed by atoms with van der Waals surface area (Å²) in [6.45, 7) is 1.21. The van der Waals surface area contributed by atoms with Crippen LogP contribution in [0.3, 0.4) is 0 Å². The summed E-state index contributed by atoms with van der Waals surface area (Å²) in [5.41, 5.74) is 3.77. The van der Waals surface area contributed by atoms with Crippen LogP contribution in [-0.2, 0) is 33.9 Å². The molecule has 1 heterocycles. The van der Waals surface area contributed by atoms with Crippen molar-refractivity contribution in [2.45, 2.75) is 25.7 Å². The van der Waals surface area contributed by atoms with Gasteiger partial charge < -0.3 is 14.8 Å². The molecule has 0 aliphatic carbocycles. The van der Waals surface area contributed by atoms with Gasteiger partial charge >= 0.3 is 5.97 Å². The largest absolute Gasteiger partial charge is 0.467 e. The second-order valence-electron chi connectivity index (χ2n) is 5.72. The van der Waals surface area contributed by atoms with E-state index in [0.29, 0.717) is 25.2 Å². The Morgan fingerprint density at radius 3 is 2.62 bits per heavy atom. The number of amides is 1. The number of ether oxygens (including phenoxy) is 2. The second-order valence-corrected chi connectivity index (χ2v) is 5.72. The molecule has 1 N–H and O–H groups in total. The maximum Gasteiger partial charge on any atom is 0.328 e. The molecule has 1 unspecified atom stereocenters. The zero-order valence-electron chi connectivity index (χ0n) is 13.5. The first-order chi connectivity index (χ1) is 11.7. The van der Waals surface area contributed by atoms with Gasteiger partial charge in [-0.3, -0.25) is 4.79 Å². The fourth-order valence-corrected chi connectivity index (χ4v) is 2.75. The molecular weight excluding hydrogens is 306 g/mol. The minimum Gasteiger partial charge on any atom is -0.467 e. The van der Waals surface area contributed by atoms with Crippen molar-refractivity contribution in [2.75, 3.05) is 7.11 Å². The maximum absolute atomic E-state index is 12.3. The fraction of sp³-hybridized carbons (Fsp3) is 0.263. The minimum absolute atomic E-state index is 0.296. The summed E-state index contributed by atoms with van der Waals surface area (Å²) in [7, 11) is 1.32. The monoisotopic (exact) mass is 325 g/mol. The van der Waals surface area contributed by atoms with Gasteiger partial charge in [0.05, 0.1) is 20.3 Å². The van der Waals surface area contributed by atoms with Crippen molar-refractivity contribution < 1.29 is 19.1 Å². The molecule has 5 heteroatoms. The van der Waals surface area contributed by atoms with Crippen molar-refractivity contribution in [1.29, 1.82) is 0 Å². The molecule has 0 saturated heterocycles. The Morgan fingerprint density at radius 2 is 1.88 bits per heavy atom. The molecule has 1 amide bonds. The molecule has 1 aliphatic rings. The van der Waals surface area contributed by atoms with Crippen LogP contribution in [0.2, 0.25) is 0 Å². The average molecular weight is 325 g/mol. The first kappa shape index (κ1) is 16.2. The molecule has 124 valence electrons. The number of esters is 1. The Bertz CT molecular complexity index is 742. The van der Waals surface area contributed by atoms with E-state index in [2.05, 4.69) is 5.32 Å². The number of fused-ring (bicyclic) bond motifs is 1. The third-order valence-corrected chi connectivity index (χ3v) is 4.05. The molecule has 1 aliphatic heterocycles. The zero-order chi connectivity index (χ0) is 16.9. The zero-order valence-corrected chi connectivity index (χ0v) is 13.5. The van der Waals surface area contributed by atoms with Crippen molar-refractivity contribution in [3.05, 3.63) is 70.8 Å². The quantitative estimate of drug-likeness (QED) is 0.856. The lowest BCUT2D eigenvalue weighted by molar-refractivity contribution is -0.142. The normalized spacial score (nSPS) is 13.9. The van der Waals surface area contributed by atoms with Gasteiger partial charge in [0.25, 0.3) is 5.91 Å². The SMILES string of the molecule is COC(=O)C(Cc1ccc2c(c1)COC2)NC(=O)c1ccccc1. The molecule has 5 nitrogen and oxygen atoms in total. The molecule has 2 aromatic rings. The van der Waals surface area contributed by atoms with E-state index in [1.54, 1.807) is 24.3 Å². The lowest BCUT2D eigenvalue weighted by atomic mass is 10.0. The van der Waals surface area contributed by atoms with Crippen molar-refractivity contribution in [3.8, 4) is 0 Å². The van der Waals surface area contributed by atoms with E-state index in [-0.39, 0.29) is 5.91 Å². The smallest absolute Gasteiger partial charge is 0.328 e. The minimum atomic E-state index is -0.733. The summed E-state index contributed by atoms with van der Waals surface area (Å²) in [5.74, 6) is -0.758. The van der Waals surface area contributed by atoms with E-state index in [1.807, 2.05) is 24.3 Å². The fourth-order valence-electron chi connectivity index (χ4n) is 2.75. The highest BCUT2D eigenvalue weighted by Gasteiger charge is 2.23. The van der Waals surface area contributed by atoms with Crippen LogP contribution >= 0.6 is 0 Å². The number of hydrogen-bond donors (Lipinski definition) is 1. The summed E-state index contributed by atoms with van der Waals surface area (Å²) in [5, 5.41) is 2.76. The summed E-state index contributed by atoms with van der Waals surface area (Å²) in [4.78, 5) is 24.4. The number of hydrogen-bond acceptors (Lipinski definition) is 4. The number of carbonyl (C=O) groups is 2. The number of nitrogens with one attached hydrogen (secondary N) is 1. The number of carbonyl (C=O) groups excluding carboxylic acids is 2. The van der Waals surface area contributed by atoms with Gasteiger partial charge in [-0.05, 0) is 28.8 Å². The highest BCUT2D eigenvalue weighted by Crippen LogP contribution is 2.21. The summed E-state index contributed by atoms with van der Waals surface area (Å²) >= 11 is 0. The van der Waals surface area contributed by atoms with Crippen LogP contribution in [0.1, 0.15) is 27.0 Å². The maximum atomic E-state index is 12.3. The van der Waals surface area contributed by atoms with Crippen LogP contribution < -0.4 is 5.32 Å². The van der Waals surface area contributed by atoms with E-state index in [1.165, 1.54) is 12.7 Å². The van der Waals surface area contributed by atoms with Crippen LogP contribution in [0.15, 0.2) is 48.5 Å². The van der Waals surface area contributed by atoms with Crippen molar-refractivity contribution in [3.63, 3.8) is 0 Å². The van der Waals surface area contributed by atoms with E-state index >= 15 is 0 Å². The Hall–Kier alpha value is -2.66. The summed E-state index contributed by atoms with van der Waals surface area (Å²) in [6, 6.07) is 14.1. The lowest BCUT2D eigenvalue weighted by Crippen LogP contribution is -2.43. The molecule has 24 heavy (non-hydrogen) atoms. The van der Waals surface area contributed by atoms with Gasteiger partial charge in [-0.15, -0.1) is 0 Å². The van der Waals surface area contributed by atoms with Crippen molar-refractivity contribution in [1.82, 2.24) is 5.32 Å². The van der Waals surface area contributed by atoms with E-state index in [0.717, 1.165) is 11.1 Å². The third-order valence-electron chi connectivity index (χ3n) is 4.05. The van der Waals surface area contributed by atoms with Gasteiger partial charge in [-0.2, -0.15) is 0 Å². The first-order valence-electron chi connectivity index (χ1n) is 7.79. The van der Waals surface area contributed by atoms with E-state index in [9.17, 15) is 9.59 Å². The van der Waals surface area contributed by atoms with Crippen LogP contribution in [0.5, 0.6) is 0 Å². The molecule has 0 radical (unpaired) electrons.